The van der Waals surface area contributed by atoms with Crippen molar-refractivity contribution in [2.75, 3.05) is 19.8 Å². The Kier molecular flexibility index (Phi) is 7.91. The number of nitrogens with one attached hydrogen (secondary N) is 1. The van der Waals surface area contributed by atoms with Gasteiger partial charge in [-0.1, -0.05) is 24.3 Å². The normalized spacial score (nSPS) is 12.3. The highest BCUT2D eigenvalue weighted by atomic mass is 16.5. The van der Waals surface area contributed by atoms with Gasteiger partial charge in [-0.15, -0.1) is 0 Å². The van der Waals surface area contributed by atoms with Gasteiger partial charge < -0.3 is 14.8 Å². The summed E-state index contributed by atoms with van der Waals surface area (Å²) in [6, 6.07) is 12.9. The number of benzene rings is 2. The van der Waals surface area contributed by atoms with Gasteiger partial charge in [-0.25, -0.2) is 4.79 Å². The minimum absolute atomic E-state index is 0.0792. The van der Waals surface area contributed by atoms with E-state index in [1.807, 2.05) is 0 Å². The van der Waals surface area contributed by atoms with Gasteiger partial charge in [-0.2, -0.15) is 0 Å². The summed E-state index contributed by atoms with van der Waals surface area (Å²) in [7, 11) is 0. The Morgan fingerprint density at radius 2 is 1.55 bits per heavy atom. The van der Waals surface area contributed by atoms with Crippen molar-refractivity contribution in [3.8, 4) is 0 Å². The summed E-state index contributed by atoms with van der Waals surface area (Å²) < 4.78 is 9.79. The van der Waals surface area contributed by atoms with Crippen LogP contribution in [-0.4, -0.2) is 54.3 Å². The monoisotopic (exact) mass is 452 g/mol. The van der Waals surface area contributed by atoms with Gasteiger partial charge in [0.05, 0.1) is 29.8 Å². The fraction of sp³-hybridized carbons (Fsp3) is 0.292. The summed E-state index contributed by atoms with van der Waals surface area (Å²) in [6.45, 7) is 1.92. The number of carbonyl (C=O) groups excluding carboxylic acids is 5. The molecule has 9 nitrogen and oxygen atoms in total. The van der Waals surface area contributed by atoms with E-state index in [9.17, 15) is 24.0 Å². The number of fused-ring (bicyclic) bond motifs is 1. The van der Waals surface area contributed by atoms with Crippen LogP contribution in [0.5, 0.6) is 0 Å². The molecule has 0 atom stereocenters. The summed E-state index contributed by atoms with van der Waals surface area (Å²) >= 11 is 0. The standard InChI is InChI=1S/C24H24N2O7/c1-2-32-21(28)8-5-13-25-20(27)15-33-24(31)17-11-9-16(10-12-17)14-26-22(29)18-6-3-4-7-19(18)23(26)30/h3-4,6-7,9-12H,2,5,8,13-15H2,1H3,(H,25,27). The molecule has 1 aliphatic heterocycles. The molecule has 2 aromatic rings. The quantitative estimate of drug-likeness (QED) is 0.333. The lowest BCUT2D eigenvalue weighted by Crippen LogP contribution is -2.30. The molecule has 9 heteroatoms. The van der Waals surface area contributed by atoms with Crippen molar-refractivity contribution >= 4 is 29.7 Å². The first-order valence-electron chi connectivity index (χ1n) is 10.5. The molecule has 0 saturated heterocycles. The highest BCUT2D eigenvalue weighted by Crippen LogP contribution is 2.24. The number of ether oxygens (including phenoxy) is 2. The van der Waals surface area contributed by atoms with E-state index in [0.717, 1.165) is 4.90 Å². The molecule has 1 N–H and O–H groups in total. The molecule has 0 aliphatic carbocycles. The van der Waals surface area contributed by atoms with Gasteiger partial charge in [-0.05, 0) is 43.2 Å². The second-order valence-corrected chi connectivity index (χ2v) is 7.27. The highest BCUT2D eigenvalue weighted by molar-refractivity contribution is 6.21. The number of rotatable bonds is 10. The van der Waals surface area contributed by atoms with Crippen LogP contribution in [0.2, 0.25) is 0 Å². The minimum atomic E-state index is -0.677. The lowest BCUT2D eigenvalue weighted by atomic mass is 10.1. The first-order valence-corrected chi connectivity index (χ1v) is 10.5. The van der Waals surface area contributed by atoms with Crippen molar-refractivity contribution in [2.24, 2.45) is 0 Å². The van der Waals surface area contributed by atoms with Crippen LogP contribution in [-0.2, 0) is 25.6 Å². The van der Waals surface area contributed by atoms with Crippen LogP contribution in [0.1, 0.15) is 56.4 Å². The van der Waals surface area contributed by atoms with E-state index < -0.39 is 18.5 Å². The van der Waals surface area contributed by atoms with Crippen molar-refractivity contribution < 1.29 is 33.4 Å². The summed E-state index contributed by atoms with van der Waals surface area (Å²) in [4.78, 5) is 61.3. The van der Waals surface area contributed by atoms with Crippen LogP contribution in [0, 0.1) is 0 Å². The van der Waals surface area contributed by atoms with Crippen molar-refractivity contribution in [1.82, 2.24) is 10.2 Å². The maximum atomic E-state index is 12.5. The summed E-state index contributed by atoms with van der Waals surface area (Å²) in [5.74, 6) is -2.19. The zero-order valence-corrected chi connectivity index (χ0v) is 18.2. The topological polar surface area (TPSA) is 119 Å². The van der Waals surface area contributed by atoms with Crippen LogP contribution in [0.4, 0.5) is 0 Å². The zero-order valence-electron chi connectivity index (χ0n) is 18.2. The second kappa shape index (κ2) is 11.0. The average molecular weight is 452 g/mol. The molecule has 0 bridgehead atoms. The van der Waals surface area contributed by atoms with Gasteiger partial charge in [0.2, 0.25) is 0 Å². The van der Waals surface area contributed by atoms with Crippen LogP contribution in [0.3, 0.4) is 0 Å². The van der Waals surface area contributed by atoms with Gasteiger partial charge in [-0.3, -0.25) is 24.1 Å². The van der Waals surface area contributed by atoms with Crippen molar-refractivity contribution in [3.05, 3.63) is 70.8 Å². The third-order valence-corrected chi connectivity index (χ3v) is 4.93. The van der Waals surface area contributed by atoms with Gasteiger partial charge in [0.25, 0.3) is 17.7 Å². The summed E-state index contributed by atoms with van der Waals surface area (Å²) in [5, 5.41) is 2.56. The predicted molar refractivity (Wildman–Crippen MR) is 116 cm³/mol. The van der Waals surface area contributed by atoms with Crippen molar-refractivity contribution in [3.63, 3.8) is 0 Å². The zero-order chi connectivity index (χ0) is 23.8. The fourth-order valence-electron chi connectivity index (χ4n) is 3.27. The maximum absolute atomic E-state index is 12.5. The lowest BCUT2D eigenvalue weighted by molar-refractivity contribution is -0.143. The molecule has 0 aromatic heterocycles. The second-order valence-electron chi connectivity index (χ2n) is 7.27. The highest BCUT2D eigenvalue weighted by Gasteiger charge is 2.34. The van der Waals surface area contributed by atoms with E-state index in [0.29, 0.717) is 29.7 Å². The molecule has 0 radical (unpaired) electrons. The van der Waals surface area contributed by atoms with Crippen LogP contribution >= 0.6 is 0 Å². The molecule has 172 valence electrons. The molecule has 0 saturated carbocycles. The largest absolute Gasteiger partial charge is 0.466 e. The van der Waals surface area contributed by atoms with Gasteiger partial charge in [0.15, 0.2) is 6.61 Å². The molecule has 33 heavy (non-hydrogen) atoms. The predicted octanol–water partition coefficient (Wildman–Crippen LogP) is 2.10. The first kappa shape index (κ1) is 23.6. The number of amides is 3. The molecule has 3 amide bonds. The Morgan fingerprint density at radius 1 is 0.909 bits per heavy atom. The number of esters is 2. The SMILES string of the molecule is CCOC(=O)CCCNC(=O)COC(=O)c1ccc(CN2C(=O)c3ccccc3C2=O)cc1. The summed E-state index contributed by atoms with van der Waals surface area (Å²) in [5.41, 5.74) is 1.65. The van der Waals surface area contributed by atoms with E-state index in [1.165, 1.54) is 12.1 Å². The van der Waals surface area contributed by atoms with Gasteiger partial charge in [0, 0.05) is 13.0 Å². The van der Waals surface area contributed by atoms with E-state index in [4.69, 9.17) is 9.47 Å². The Labute approximate surface area is 190 Å². The molecular formula is C24H24N2O7. The van der Waals surface area contributed by atoms with E-state index in [2.05, 4.69) is 5.32 Å². The third-order valence-electron chi connectivity index (χ3n) is 4.93. The van der Waals surface area contributed by atoms with Crippen molar-refractivity contribution in [2.45, 2.75) is 26.3 Å². The van der Waals surface area contributed by atoms with Gasteiger partial charge in [0.1, 0.15) is 0 Å². The molecule has 3 rings (SSSR count). The fourth-order valence-corrected chi connectivity index (χ4v) is 3.27. The van der Waals surface area contributed by atoms with E-state index in [1.54, 1.807) is 43.3 Å². The van der Waals surface area contributed by atoms with Crippen molar-refractivity contribution in [1.29, 1.82) is 0 Å². The smallest absolute Gasteiger partial charge is 0.338 e. The minimum Gasteiger partial charge on any atom is -0.466 e. The Bertz CT molecular complexity index is 1030. The molecule has 0 unspecified atom stereocenters. The van der Waals surface area contributed by atoms with E-state index >= 15 is 0 Å². The Balaban J connectivity index is 1.44. The molecule has 0 spiro atoms. The molecule has 2 aromatic carbocycles. The third kappa shape index (κ3) is 6.03. The van der Waals surface area contributed by atoms with Crippen LogP contribution in [0.15, 0.2) is 48.5 Å². The molecule has 1 heterocycles. The number of hydrogen-bond donors (Lipinski definition) is 1. The Hall–Kier alpha value is -4.01. The first-order chi connectivity index (χ1) is 15.9. The van der Waals surface area contributed by atoms with Crippen LogP contribution < -0.4 is 5.32 Å². The number of imide groups is 1. The number of nitrogens with zero attached hydrogens (tertiary/aromatic N) is 1. The maximum Gasteiger partial charge on any atom is 0.338 e. The molecule has 0 fully saturated rings. The number of carbonyl (C=O) groups is 5. The lowest BCUT2D eigenvalue weighted by Gasteiger charge is -2.14. The van der Waals surface area contributed by atoms with Gasteiger partial charge >= 0.3 is 11.9 Å². The van der Waals surface area contributed by atoms with E-state index in [-0.39, 0.29) is 42.9 Å². The Morgan fingerprint density at radius 3 is 2.15 bits per heavy atom. The van der Waals surface area contributed by atoms with Crippen LogP contribution in [0.25, 0.3) is 0 Å². The molecule has 1 aliphatic rings. The summed E-state index contributed by atoms with van der Waals surface area (Å²) in [6.07, 6.45) is 0.619. The average Bonchev–Trinajstić information content (AvgIpc) is 3.06. The molecular weight excluding hydrogens is 428 g/mol. The number of hydrogen-bond acceptors (Lipinski definition) is 7.